The van der Waals surface area contributed by atoms with Crippen molar-refractivity contribution in [2.75, 3.05) is 37.7 Å². The van der Waals surface area contributed by atoms with E-state index in [4.69, 9.17) is 4.74 Å². The van der Waals surface area contributed by atoms with Crippen LogP contribution < -0.4 is 10.2 Å². The van der Waals surface area contributed by atoms with Gasteiger partial charge in [-0.1, -0.05) is 39.5 Å². The standard InChI is InChI=1S/C17H31N5O2S/c1-12(2)10-18-15(23)14(5)25-17-20-19-16(22(17)11-13(3)4)21-6-8-24-9-7-21/h12-14H,6-11H2,1-5H3,(H,18,23). The SMILES string of the molecule is CC(C)CNC(=O)C(C)Sc1nnc(N2CCOCC2)n1CC(C)C. The van der Waals surface area contributed by atoms with Crippen LogP contribution in [0, 0.1) is 11.8 Å². The Morgan fingerprint density at radius 1 is 1.16 bits per heavy atom. The third-order valence-corrected chi connectivity index (χ3v) is 4.96. The maximum atomic E-state index is 12.3. The van der Waals surface area contributed by atoms with Crippen molar-refractivity contribution < 1.29 is 9.53 Å². The molecule has 0 saturated carbocycles. The first-order valence-corrected chi connectivity index (χ1v) is 9.96. The normalized spacial score (nSPS) is 16.5. The number of nitrogens with one attached hydrogen (secondary N) is 1. The van der Waals surface area contributed by atoms with E-state index in [9.17, 15) is 4.79 Å². The summed E-state index contributed by atoms with van der Waals surface area (Å²) in [6.07, 6.45) is 0. The van der Waals surface area contributed by atoms with E-state index >= 15 is 0 Å². The van der Waals surface area contributed by atoms with Gasteiger partial charge in [0.1, 0.15) is 0 Å². The van der Waals surface area contributed by atoms with Gasteiger partial charge >= 0.3 is 0 Å². The molecule has 142 valence electrons. The third kappa shape index (κ3) is 5.88. The van der Waals surface area contributed by atoms with Crippen LogP contribution in [0.1, 0.15) is 34.6 Å². The second kappa shape index (κ2) is 9.43. The monoisotopic (exact) mass is 369 g/mol. The lowest BCUT2D eigenvalue weighted by atomic mass is 10.2. The average Bonchev–Trinajstić information content (AvgIpc) is 2.95. The molecule has 0 radical (unpaired) electrons. The summed E-state index contributed by atoms with van der Waals surface area (Å²) in [6, 6.07) is 0. The Kier molecular flexibility index (Phi) is 7.56. The molecule has 1 saturated heterocycles. The summed E-state index contributed by atoms with van der Waals surface area (Å²) < 4.78 is 7.58. The van der Waals surface area contributed by atoms with Gasteiger partial charge in [-0.05, 0) is 18.8 Å². The van der Waals surface area contributed by atoms with Gasteiger partial charge in [0.05, 0.1) is 18.5 Å². The number of morpholine rings is 1. The lowest BCUT2D eigenvalue weighted by Crippen LogP contribution is -2.38. The molecule has 1 fully saturated rings. The molecule has 1 aromatic rings. The van der Waals surface area contributed by atoms with Crippen molar-refractivity contribution in [3.63, 3.8) is 0 Å². The average molecular weight is 370 g/mol. The van der Waals surface area contributed by atoms with Crippen LogP contribution in [0.5, 0.6) is 0 Å². The maximum Gasteiger partial charge on any atom is 0.233 e. The molecule has 1 unspecified atom stereocenters. The first kappa shape index (κ1) is 20.0. The Morgan fingerprint density at radius 3 is 2.44 bits per heavy atom. The highest BCUT2D eigenvalue weighted by atomic mass is 32.2. The Morgan fingerprint density at radius 2 is 1.84 bits per heavy atom. The van der Waals surface area contributed by atoms with Gasteiger partial charge in [0.15, 0.2) is 5.16 Å². The van der Waals surface area contributed by atoms with Gasteiger partial charge in [0, 0.05) is 26.2 Å². The molecule has 1 amide bonds. The molecular formula is C17H31N5O2S. The number of thioether (sulfide) groups is 1. The molecule has 1 aliphatic rings. The first-order chi connectivity index (χ1) is 11.9. The minimum absolute atomic E-state index is 0.0470. The molecule has 0 spiro atoms. The molecule has 0 aromatic carbocycles. The van der Waals surface area contributed by atoms with Crippen LogP contribution >= 0.6 is 11.8 Å². The van der Waals surface area contributed by atoms with E-state index in [0.717, 1.165) is 30.7 Å². The van der Waals surface area contributed by atoms with Crippen molar-refractivity contribution in [2.45, 2.75) is 51.6 Å². The minimum Gasteiger partial charge on any atom is -0.378 e. The van der Waals surface area contributed by atoms with Crippen molar-refractivity contribution in [3.8, 4) is 0 Å². The van der Waals surface area contributed by atoms with Crippen LogP contribution in [0.3, 0.4) is 0 Å². The zero-order chi connectivity index (χ0) is 18.4. The Balaban J connectivity index is 2.10. The van der Waals surface area contributed by atoms with E-state index in [2.05, 4.69) is 52.7 Å². The van der Waals surface area contributed by atoms with E-state index in [1.165, 1.54) is 11.8 Å². The molecule has 1 aromatic heterocycles. The van der Waals surface area contributed by atoms with Crippen LogP contribution in [-0.4, -0.2) is 58.8 Å². The first-order valence-electron chi connectivity index (χ1n) is 9.08. The Bertz CT molecular complexity index is 555. The predicted octanol–water partition coefficient (Wildman–Crippen LogP) is 2.02. The summed E-state index contributed by atoms with van der Waals surface area (Å²) in [6.45, 7) is 15.1. The molecule has 2 heterocycles. The van der Waals surface area contributed by atoms with Gasteiger partial charge in [0.25, 0.3) is 0 Å². The van der Waals surface area contributed by atoms with E-state index in [-0.39, 0.29) is 11.2 Å². The molecule has 7 nitrogen and oxygen atoms in total. The maximum absolute atomic E-state index is 12.3. The van der Waals surface area contributed by atoms with Crippen molar-refractivity contribution >= 4 is 23.6 Å². The fourth-order valence-corrected chi connectivity index (χ4v) is 3.43. The number of anilines is 1. The largest absolute Gasteiger partial charge is 0.378 e. The van der Waals surface area contributed by atoms with Gasteiger partial charge in [0.2, 0.25) is 11.9 Å². The third-order valence-electron chi connectivity index (χ3n) is 3.87. The molecule has 25 heavy (non-hydrogen) atoms. The lowest BCUT2D eigenvalue weighted by Gasteiger charge is -2.28. The van der Waals surface area contributed by atoms with E-state index in [1.807, 2.05) is 6.92 Å². The predicted molar refractivity (Wildman–Crippen MR) is 101 cm³/mol. The summed E-state index contributed by atoms with van der Waals surface area (Å²) in [5, 5.41) is 12.4. The minimum atomic E-state index is -0.202. The quantitative estimate of drug-likeness (QED) is 0.707. The number of aromatic nitrogens is 3. The number of ether oxygens (including phenoxy) is 1. The van der Waals surface area contributed by atoms with E-state index < -0.39 is 0 Å². The molecular weight excluding hydrogens is 338 g/mol. The van der Waals surface area contributed by atoms with Crippen LogP contribution in [0.15, 0.2) is 5.16 Å². The van der Waals surface area contributed by atoms with Crippen molar-refractivity contribution in [1.82, 2.24) is 20.1 Å². The number of nitrogens with zero attached hydrogens (tertiary/aromatic N) is 4. The van der Waals surface area contributed by atoms with Gasteiger partial charge in [-0.3, -0.25) is 9.36 Å². The highest BCUT2D eigenvalue weighted by Gasteiger charge is 2.24. The summed E-state index contributed by atoms with van der Waals surface area (Å²) in [7, 11) is 0. The van der Waals surface area contributed by atoms with Crippen molar-refractivity contribution in [2.24, 2.45) is 11.8 Å². The zero-order valence-corrected chi connectivity index (χ0v) is 16.8. The van der Waals surface area contributed by atoms with Crippen molar-refractivity contribution in [1.29, 1.82) is 0 Å². The number of carbonyl (C=O) groups excluding carboxylic acids is 1. The lowest BCUT2D eigenvalue weighted by molar-refractivity contribution is -0.120. The van der Waals surface area contributed by atoms with Crippen LogP contribution in [-0.2, 0) is 16.1 Å². The summed E-state index contributed by atoms with van der Waals surface area (Å²) >= 11 is 1.48. The van der Waals surface area contributed by atoms with Gasteiger partial charge in [-0.25, -0.2) is 0 Å². The summed E-state index contributed by atoms with van der Waals surface area (Å²) in [5.74, 6) is 1.85. The molecule has 2 rings (SSSR count). The molecule has 0 bridgehead atoms. The van der Waals surface area contributed by atoms with Crippen molar-refractivity contribution in [3.05, 3.63) is 0 Å². The number of hydrogen-bond acceptors (Lipinski definition) is 6. The smallest absolute Gasteiger partial charge is 0.233 e. The van der Waals surface area contributed by atoms with Crippen LogP contribution in [0.25, 0.3) is 0 Å². The molecule has 1 N–H and O–H groups in total. The second-order valence-corrected chi connectivity index (χ2v) is 8.59. The number of carbonyl (C=O) groups is 1. The van der Waals surface area contributed by atoms with Gasteiger partial charge in [-0.15, -0.1) is 10.2 Å². The van der Waals surface area contributed by atoms with Gasteiger partial charge in [-0.2, -0.15) is 0 Å². The molecule has 0 aliphatic carbocycles. The molecule has 1 aliphatic heterocycles. The molecule has 8 heteroatoms. The number of hydrogen-bond donors (Lipinski definition) is 1. The topological polar surface area (TPSA) is 72.3 Å². The van der Waals surface area contributed by atoms with E-state index in [1.54, 1.807) is 0 Å². The highest BCUT2D eigenvalue weighted by molar-refractivity contribution is 8.00. The fraction of sp³-hybridized carbons (Fsp3) is 0.824. The summed E-state index contributed by atoms with van der Waals surface area (Å²) in [4.78, 5) is 14.5. The van der Waals surface area contributed by atoms with Crippen LogP contribution in [0.4, 0.5) is 5.95 Å². The molecule has 1 atom stereocenters. The second-order valence-electron chi connectivity index (χ2n) is 7.29. The number of rotatable bonds is 8. The van der Waals surface area contributed by atoms with Gasteiger partial charge < -0.3 is 15.0 Å². The fourth-order valence-electron chi connectivity index (χ4n) is 2.55. The summed E-state index contributed by atoms with van der Waals surface area (Å²) in [5.41, 5.74) is 0. The van der Waals surface area contributed by atoms with Crippen LogP contribution in [0.2, 0.25) is 0 Å². The number of amides is 1. The Hall–Kier alpha value is -1.28. The zero-order valence-electron chi connectivity index (χ0n) is 16.0. The highest BCUT2D eigenvalue weighted by Crippen LogP contribution is 2.27. The van der Waals surface area contributed by atoms with E-state index in [0.29, 0.717) is 31.6 Å². The Labute approximate surface area is 154 Å².